The second-order valence-electron chi connectivity index (χ2n) is 9.91. The van der Waals surface area contributed by atoms with Crippen molar-refractivity contribution in [2.75, 3.05) is 11.9 Å². The average molecular weight is 577 g/mol. The van der Waals surface area contributed by atoms with Crippen molar-refractivity contribution in [3.05, 3.63) is 59.4 Å². The molecule has 9 nitrogen and oxygen atoms in total. The van der Waals surface area contributed by atoms with E-state index in [0.29, 0.717) is 29.0 Å². The van der Waals surface area contributed by atoms with Crippen LogP contribution in [0, 0.1) is 23.3 Å². The van der Waals surface area contributed by atoms with Gasteiger partial charge in [0.1, 0.15) is 17.9 Å². The summed E-state index contributed by atoms with van der Waals surface area (Å²) >= 11 is 0. The van der Waals surface area contributed by atoms with Crippen molar-refractivity contribution in [1.82, 2.24) is 14.5 Å². The summed E-state index contributed by atoms with van der Waals surface area (Å²) in [4.78, 5) is 34.1. The number of amides is 1. The topological polar surface area (TPSA) is 116 Å². The first kappa shape index (κ1) is 29.9. The third-order valence-corrected chi connectivity index (χ3v) is 5.97. The van der Waals surface area contributed by atoms with Crippen molar-refractivity contribution < 1.29 is 41.7 Å². The number of hydrogen-bond donors (Lipinski definition) is 2. The molecule has 0 aliphatic heterocycles. The summed E-state index contributed by atoms with van der Waals surface area (Å²) in [6, 6.07) is 7.23. The Hall–Kier alpha value is -4.10. The number of halogens is 4. The van der Waals surface area contributed by atoms with Crippen molar-refractivity contribution in [3.8, 4) is 5.75 Å². The monoisotopic (exact) mass is 576 g/mol. The molecule has 2 heterocycles. The number of carbonyl (C=O) groups is 2. The van der Waals surface area contributed by atoms with Gasteiger partial charge >= 0.3 is 5.97 Å². The van der Waals surface area contributed by atoms with E-state index in [9.17, 15) is 32.3 Å². The fraction of sp³-hybridized carbons (Fsp3) is 0.357. The van der Waals surface area contributed by atoms with Crippen LogP contribution in [0.5, 0.6) is 5.75 Å². The molecule has 0 spiro atoms. The summed E-state index contributed by atoms with van der Waals surface area (Å²) in [6.45, 7) is 5.93. The van der Waals surface area contributed by atoms with E-state index in [1.165, 1.54) is 0 Å². The number of nitrogens with zero attached hydrogens (tertiary/aromatic N) is 3. The number of benzene rings is 2. The Kier molecular flexibility index (Phi) is 8.88. The van der Waals surface area contributed by atoms with Gasteiger partial charge in [-0.05, 0) is 33.3 Å². The number of rotatable bonds is 11. The maximum atomic E-state index is 13.8. The minimum absolute atomic E-state index is 0.00233. The molecule has 4 aromatic rings. The Labute approximate surface area is 232 Å². The highest BCUT2D eigenvalue weighted by molar-refractivity contribution is 6.09. The second kappa shape index (κ2) is 12.2. The van der Waals surface area contributed by atoms with Crippen LogP contribution in [-0.2, 0) is 27.5 Å². The van der Waals surface area contributed by atoms with Crippen LogP contribution in [0.2, 0.25) is 0 Å². The minimum atomic E-state index is -1.84. The molecule has 0 fully saturated rings. The molecule has 41 heavy (non-hydrogen) atoms. The zero-order valence-corrected chi connectivity index (χ0v) is 22.6. The lowest BCUT2D eigenvalue weighted by molar-refractivity contribution is -0.135. The number of esters is 1. The molecule has 1 amide bonds. The smallest absolute Gasteiger partial charge is 0.311 e. The minimum Gasteiger partial charge on any atom is -0.420 e. The maximum Gasteiger partial charge on any atom is 0.311 e. The summed E-state index contributed by atoms with van der Waals surface area (Å²) in [5, 5.41) is 14.0. The number of pyridine rings is 1. The molecule has 0 atom stereocenters. The number of anilines is 1. The van der Waals surface area contributed by atoms with Gasteiger partial charge in [-0.25, -0.2) is 18.7 Å². The number of nitrogens with one attached hydrogen (secondary N) is 1. The lowest BCUT2D eigenvalue weighted by Crippen LogP contribution is -2.27. The van der Waals surface area contributed by atoms with E-state index in [1.54, 1.807) is 26.0 Å². The van der Waals surface area contributed by atoms with Crippen molar-refractivity contribution >= 4 is 39.6 Å². The molecular formula is C28H28F4N4O5. The molecule has 218 valence electrons. The van der Waals surface area contributed by atoms with Crippen LogP contribution in [0.25, 0.3) is 21.9 Å². The third kappa shape index (κ3) is 6.80. The lowest BCUT2D eigenvalue weighted by atomic mass is 10.1. The van der Waals surface area contributed by atoms with Gasteiger partial charge in [-0.1, -0.05) is 18.2 Å². The second-order valence-corrected chi connectivity index (χ2v) is 9.91. The molecule has 13 heteroatoms. The SMILES string of the molecule is CCOCc1nc2c(NC(=O)CCCC(=O)Oc3c(F)c(F)cc(F)c3F)nc3ccccc3c2n1CC(C)(C)O. The van der Waals surface area contributed by atoms with Crippen LogP contribution >= 0.6 is 0 Å². The molecule has 2 aromatic heterocycles. The van der Waals surface area contributed by atoms with Crippen LogP contribution < -0.4 is 10.1 Å². The highest BCUT2D eigenvalue weighted by Gasteiger charge is 2.25. The van der Waals surface area contributed by atoms with Gasteiger partial charge in [0.25, 0.3) is 0 Å². The summed E-state index contributed by atoms with van der Waals surface area (Å²) in [5.74, 6) is -9.64. The van der Waals surface area contributed by atoms with E-state index < -0.39 is 52.9 Å². The zero-order valence-electron chi connectivity index (χ0n) is 22.6. The van der Waals surface area contributed by atoms with Crippen LogP contribution in [0.15, 0.2) is 30.3 Å². The largest absolute Gasteiger partial charge is 0.420 e. The number of imidazole rings is 1. The number of carbonyl (C=O) groups excluding carboxylic acids is 2. The molecule has 0 bridgehead atoms. The van der Waals surface area contributed by atoms with Gasteiger partial charge in [0.05, 0.1) is 23.2 Å². The van der Waals surface area contributed by atoms with Crippen LogP contribution in [-0.4, -0.2) is 43.7 Å². The first-order valence-electron chi connectivity index (χ1n) is 12.8. The first-order valence-corrected chi connectivity index (χ1v) is 12.8. The molecule has 4 rings (SSSR count). The quantitative estimate of drug-likeness (QED) is 0.110. The number of aliphatic hydroxyl groups is 1. The summed E-state index contributed by atoms with van der Waals surface area (Å²) in [5.41, 5.74) is 0.470. The average Bonchev–Trinajstić information content (AvgIpc) is 3.26. The number of ether oxygens (including phenoxy) is 2. The van der Waals surface area contributed by atoms with Gasteiger partial charge in [0.15, 0.2) is 17.5 Å². The predicted molar refractivity (Wildman–Crippen MR) is 141 cm³/mol. The Morgan fingerprint density at radius 1 is 1.05 bits per heavy atom. The van der Waals surface area contributed by atoms with E-state index >= 15 is 0 Å². The van der Waals surface area contributed by atoms with E-state index in [1.807, 2.05) is 23.6 Å². The van der Waals surface area contributed by atoms with Gasteiger partial charge in [-0.2, -0.15) is 8.78 Å². The van der Waals surface area contributed by atoms with E-state index in [-0.39, 0.29) is 37.9 Å². The Balaban J connectivity index is 1.54. The molecule has 0 saturated heterocycles. The molecule has 2 aromatic carbocycles. The highest BCUT2D eigenvalue weighted by Crippen LogP contribution is 2.32. The van der Waals surface area contributed by atoms with Crippen molar-refractivity contribution in [1.29, 1.82) is 0 Å². The summed E-state index contributed by atoms with van der Waals surface area (Å²) in [7, 11) is 0. The molecule has 2 N–H and O–H groups in total. The summed E-state index contributed by atoms with van der Waals surface area (Å²) in [6.07, 6.45) is -0.793. The van der Waals surface area contributed by atoms with Gasteiger partial charge in [-0.3, -0.25) is 9.59 Å². The molecule has 0 aliphatic carbocycles. The molecule has 0 radical (unpaired) electrons. The standard InChI is InChI=1S/C28H28F4N4O5/c1-4-40-13-19-34-24-25(36(19)14-28(2,3)39)15-8-5-6-9-18(15)33-27(24)35-20(37)10-7-11-21(38)41-26-22(31)16(29)12-17(30)23(26)32/h5-6,8-9,12,39H,4,7,10-11,13-14H2,1-3H3,(H,33,35,37). The zero-order chi connectivity index (χ0) is 29.9. The third-order valence-electron chi connectivity index (χ3n) is 5.97. The van der Waals surface area contributed by atoms with Crippen molar-refractivity contribution in [2.45, 2.75) is 58.8 Å². The van der Waals surface area contributed by atoms with E-state index in [4.69, 9.17) is 4.74 Å². The Bertz CT molecular complexity index is 1590. The molecular weight excluding hydrogens is 548 g/mol. The fourth-order valence-electron chi connectivity index (χ4n) is 4.22. The number of hydrogen-bond acceptors (Lipinski definition) is 7. The first-order chi connectivity index (χ1) is 19.4. The Morgan fingerprint density at radius 2 is 1.73 bits per heavy atom. The molecule has 0 saturated carbocycles. The van der Waals surface area contributed by atoms with E-state index in [2.05, 4.69) is 20.0 Å². The summed E-state index contributed by atoms with van der Waals surface area (Å²) < 4.78 is 66.1. The number of aromatic nitrogens is 3. The molecule has 0 aliphatic rings. The van der Waals surface area contributed by atoms with Gasteiger partial charge in [0.2, 0.25) is 23.3 Å². The maximum absolute atomic E-state index is 13.8. The van der Waals surface area contributed by atoms with Crippen LogP contribution in [0.4, 0.5) is 23.4 Å². The van der Waals surface area contributed by atoms with Gasteiger partial charge in [0, 0.05) is 30.9 Å². The number of fused-ring (bicyclic) bond motifs is 3. The number of para-hydroxylation sites is 1. The normalized spacial score (nSPS) is 11.8. The highest BCUT2D eigenvalue weighted by atomic mass is 19.2. The lowest BCUT2D eigenvalue weighted by Gasteiger charge is -2.20. The molecule has 0 unspecified atom stereocenters. The fourth-order valence-corrected chi connectivity index (χ4v) is 4.22. The van der Waals surface area contributed by atoms with Gasteiger partial charge < -0.3 is 24.5 Å². The van der Waals surface area contributed by atoms with E-state index in [0.717, 1.165) is 5.39 Å². The Morgan fingerprint density at radius 3 is 2.39 bits per heavy atom. The van der Waals surface area contributed by atoms with Gasteiger partial charge in [-0.15, -0.1) is 0 Å². The van der Waals surface area contributed by atoms with Crippen molar-refractivity contribution in [3.63, 3.8) is 0 Å². The van der Waals surface area contributed by atoms with Crippen LogP contribution in [0.3, 0.4) is 0 Å². The van der Waals surface area contributed by atoms with Crippen LogP contribution in [0.1, 0.15) is 45.9 Å². The predicted octanol–water partition coefficient (Wildman–Crippen LogP) is 5.16. The van der Waals surface area contributed by atoms with Crippen molar-refractivity contribution in [2.24, 2.45) is 0 Å².